The first-order chi connectivity index (χ1) is 18.5. The Balaban J connectivity index is 1.08. The second-order valence-corrected chi connectivity index (χ2v) is 10.9. The highest BCUT2D eigenvalue weighted by Gasteiger charge is 2.22. The summed E-state index contributed by atoms with van der Waals surface area (Å²) in [6.45, 7) is 6.41. The Bertz CT molecular complexity index is 1200. The van der Waals surface area contributed by atoms with E-state index >= 15 is 0 Å². The fraction of sp³-hybridized carbons (Fsp3) is 0.355. The summed E-state index contributed by atoms with van der Waals surface area (Å²) in [5, 5.41) is 13.9. The largest absolute Gasteiger partial charge is 0.389 e. The standard InChI is InChI=1S/C31H35Cl2N3O2/c32-27-11-8-25(9-12-27)30(24-5-2-1-3-6-24)14-16-34-17-19-35(20-18-34)22-29(37)23-38-36-15-4-7-26-10-13-28(33)21-31(26)36/h1-13,21,29-30,37H,14-20,22-23H2. The Labute approximate surface area is 235 Å². The number of aliphatic hydroxyl groups excluding tert-OH is 1. The number of anilines is 1. The molecule has 0 radical (unpaired) electrons. The fourth-order valence-corrected chi connectivity index (χ4v) is 5.60. The van der Waals surface area contributed by atoms with E-state index in [0.717, 1.165) is 55.4 Å². The number of fused-ring (bicyclic) bond motifs is 1. The van der Waals surface area contributed by atoms with Crippen molar-refractivity contribution in [1.82, 2.24) is 9.80 Å². The molecule has 5 nitrogen and oxygen atoms in total. The minimum atomic E-state index is -0.553. The third-order valence-corrected chi connectivity index (χ3v) is 7.88. The van der Waals surface area contributed by atoms with Gasteiger partial charge in [0.05, 0.1) is 18.3 Å². The summed E-state index contributed by atoms with van der Waals surface area (Å²) in [5.74, 6) is 0.343. The van der Waals surface area contributed by atoms with Crippen LogP contribution in [0.4, 0.5) is 5.69 Å². The van der Waals surface area contributed by atoms with E-state index in [2.05, 4.69) is 64.4 Å². The molecule has 5 rings (SSSR count). The molecule has 1 fully saturated rings. The number of benzene rings is 3. The van der Waals surface area contributed by atoms with E-state index in [1.54, 1.807) is 0 Å². The van der Waals surface area contributed by atoms with Crippen LogP contribution in [-0.4, -0.2) is 73.4 Å². The highest BCUT2D eigenvalue weighted by Crippen LogP contribution is 2.30. The Kier molecular flexibility index (Phi) is 9.39. The molecule has 2 aliphatic rings. The lowest BCUT2D eigenvalue weighted by atomic mass is 9.88. The molecular weight excluding hydrogens is 517 g/mol. The molecule has 1 saturated heterocycles. The summed E-state index contributed by atoms with van der Waals surface area (Å²) in [4.78, 5) is 10.8. The number of β-amino-alcohol motifs (C(OH)–C–C–N with tert-alkyl or cyclic N) is 1. The molecule has 0 aromatic heterocycles. The highest BCUT2D eigenvalue weighted by molar-refractivity contribution is 6.31. The quantitative estimate of drug-likeness (QED) is 0.336. The monoisotopic (exact) mass is 551 g/mol. The Morgan fingerprint density at radius 3 is 2.26 bits per heavy atom. The number of piperazine rings is 1. The summed E-state index contributed by atoms with van der Waals surface area (Å²) >= 11 is 12.3. The number of hydrogen-bond donors (Lipinski definition) is 1. The number of halogens is 2. The Hall–Kier alpha value is -2.38. The number of hydroxylamine groups is 1. The number of aliphatic hydroxyl groups is 1. The number of hydrogen-bond acceptors (Lipinski definition) is 5. The lowest BCUT2D eigenvalue weighted by Crippen LogP contribution is -2.49. The van der Waals surface area contributed by atoms with Gasteiger partial charge in [0, 0.05) is 54.3 Å². The lowest BCUT2D eigenvalue weighted by Gasteiger charge is -2.36. The van der Waals surface area contributed by atoms with E-state index in [1.165, 1.54) is 11.1 Å². The van der Waals surface area contributed by atoms with E-state index < -0.39 is 6.10 Å². The van der Waals surface area contributed by atoms with Gasteiger partial charge >= 0.3 is 0 Å². The van der Waals surface area contributed by atoms with E-state index in [4.69, 9.17) is 28.0 Å². The van der Waals surface area contributed by atoms with E-state index in [1.807, 2.05) is 35.4 Å². The van der Waals surface area contributed by atoms with Gasteiger partial charge in [-0.25, -0.2) is 5.06 Å². The van der Waals surface area contributed by atoms with Gasteiger partial charge in [0.1, 0.15) is 6.61 Å². The highest BCUT2D eigenvalue weighted by atomic mass is 35.5. The molecule has 0 bridgehead atoms. The Morgan fingerprint density at radius 1 is 0.816 bits per heavy atom. The van der Waals surface area contributed by atoms with Gasteiger partial charge in [0.15, 0.2) is 0 Å². The zero-order valence-electron chi connectivity index (χ0n) is 21.6. The molecule has 1 N–H and O–H groups in total. The van der Waals surface area contributed by atoms with E-state index in [9.17, 15) is 5.11 Å². The molecule has 2 atom stereocenters. The zero-order chi connectivity index (χ0) is 26.3. The first-order valence-corrected chi connectivity index (χ1v) is 14.1. The normalized spacial score (nSPS) is 17.8. The van der Waals surface area contributed by atoms with E-state index in [0.29, 0.717) is 24.0 Å². The summed E-state index contributed by atoms with van der Waals surface area (Å²) in [6, 6.07) is 24.8. The molecule has 0 saturated carbocycles. The predicted octanol–water partition coefficient (Wildman–Crippen LogP) is 5.96. The van der Waals surface area contributed by atoms with Crippen molar-refractivity contribution in [2.75, 3.05) is 57.5 Å². The van der Waals surface area contributed by atoms with Crippen LogP contribution in [0.3, 0.4) is 0 Å². The van der Waals surface area contributed by atoms with Crippen LogP contribution in [0.5, 0.6) is 0 Å². The summed E-state index contributed by atoms with van der Waals surface area (Å²) in [5.41, 5.74) is 4.65. The third kappa shape index (κ3) is 7.17. The molecule has 0 amide bonds. The zero-order valence-corrected chi connectivity index (χ0v) is 23.1. The second kappa shape index (κ2) is 13.1. The maximum atomic E-state index is 10.7. The number of rotatable bonds is 10. The average Bonchev–Trinajstić information content (AvgIpc) is 2.94. The van der Waals surface area contributed by atoms with Crippen molar-refractivity contribution in [3.05, 3.63) is 106 Å². The van der Waals surface area contributed by atoms with E-state index in [-0.39, 0.29) is 6.61 Å². The van der Waals surface area contributed by atoms with Crippen LogP contribution in [-0.2, 0) is 4.84 Å². The van der Waals surface area contributed by atoms with Gasteiger partial charge in [-0.2, -0.15) is 0 Å². The SMILES string of the molecule is OC(CON1CC=Cc2ccc(Cl)cc21)CN1CCN(CCC(c2ccccc2)c2ccc(Cl)cc2)CC1. The van der Waals surface area contributed by atoms with Crippen LogP contribution in [0.2, 0.25) is 10.0 Å². The van der Waals surface area contributed by atoms with Crippen molar-refractivity contribution >= 4 is 35.0 Å². The van der Waals surface area contributed by atoms with Gasteiger partial charge < -0.3 is 10.0 Å². The van der Waals surface area contributed by atoms with Crippen molar-refractivity contribution in [2.45, 2.75) is 18.4 Å². The molecule has 0 spiro atoms. The topological polar surface area (TPSA) is 39.2 Å². The molecular formula is C31H35Cl2N3O2. The molecule has 3 aromatic rings. The van der Waals surface area contributed by atoms with Crippen molar-refractivity contribution in [3.63, 3.8) is 0 Å². The van der Waals surface area contributed by atoms with Crippen LogP contribution in [0, 0.1) is 0 Å². The first kappa shape index (κ1) is 27.2. The van der Waals surface area contributed by atoms with Crippen molar-refractivity contribution in [1.29, 1.82) is 0 Å². The number of nitrogens with zero attached hydrogens (tertiary/aromatic N) is 3. The van der Waals surface area contributed by atoms with Gasteiger partial charge in [-0.3, -0.25) is 9.74 Å². The summed E-state index contributed by atoms with van der Waals surface area (Å²) in [7, 11) is 0. The maximum absolute atomic E-state index is 10.7. The van der Waals surface area contributed by atoms with Crippen LogP contribution < -0.4 is 5.06 Å². The molecule has 200 valence electrons. The van der Waals surface area contributed by atoms with Gasteiger partial charge in [-0.1, -0.05) is 83.9 Å². The summed E-state index contributed by atoms with van der Waals surface area (Å²) < 4.78 is 0. The Morgan fingerprint density at radius 2 is 1.50 bits per heavy atom. The predicted molar refractivity (Wildman–Crippen MR) is 157 cm³/mol. The van der Waals surface area contributed by atoms with Gasteiger partial charge in [0.2, 0.25) is 0 Å². The average molecular weight is 553 g/mol. The molecule has 0 aliphatic carbocycles. The molecule has 2 aliphatic heterocycles. The minimum Gasteiger partial charge on any atom is -0.389 e. The van der Waals surface area contributed by atoms with Crippen molar-refractivity contribution in [3.8, 4) is 0 Å². The second-order valence-electron chi connectivity index (χ2n) is 10.1. The van der Waals surface area contributed by atoms with Crippen molar-refractivity contribution in [2.24, 2.45) is 0 Å². The molecule has 2 heterocycles. The lowest BCUT2D eigenvalue weighted by molar-refractivity contribution is -0.000386. The van der Waals surface area contributed by atoms with Crippen LogP contribution in [0.15, 0.2) is 78.9 Å². The van der Waals surface area contributed by atoms with Crippen LogP contribution in [0.1, 0.15) is 29.0 Å². The third-order valence-electron chi connectivity index (χ3n) is 7.39. The van der Waals surface area contributed by atoms with Crippen molar-refractivity contribution < 1.29 is 9.94 Å². The molecule has 2 unspecified atom stereocenters. The molecule has 3 aromatic carbocycles. The minimum absolute atomic E-state index is 0.250. The first-order valence-electron chi connectivity index (χ1n) is 13.3. The fourth-order valence-electron chi connectivity index (χ4n) is 5.31. The van der Waals surface area contributed by atoms with Gasteiger partial charge in [0.25, 0.3) is 0 Å². The van der Waals surface area contributed by atoms with Crippen LogP contribution >= 0.6 is 23.2 Å². The summed E-state index contributed by atoms with van der Waals surface area (Å²) in [6.07, 6.45) is 4.62. The maximum Gasteiger partial charge on any atom is 0.102 e. The van der Waals surface area contributed by atoms with Crippen LogP contribution in [0.25, 0.3) is 6.08 Å². The van der Waals surface area contributed by atoms with Gasteiger partial charge in [-0.05, 0) is 48.4 Å². The smallest absolute Gasteiger partial charge is 0.102 e. The molecule has 38 heavy (non-hydrogen) atoms. The molecule has 7 heteroatoms. The van der Waals surface area contributed by atoms with Gasteiger partial charge in [-0.15, -0.1) is 0 Å².